The molecule has 11 aromatic rings. The molecule has 2 heterocycles. The second kappa shape index (κ2) is 43.0. The van der Waals surface area contributed by atoms with Crippen LogP contribution in [0.25, 0.3) is 0 Å². The van der Waals surface area contributed by atoms with Gasteiger partial charge in [-0.2, -0.15) is 0 Å². The Morgan fingerprint density at radius 1 is 0.386 bits per heavy atom. The molecular weight excluding hydrogens is 1610 g/mol. The highest BCUT2D eigenvalue weighted by Crippen LogP contribution is 2.32. The molecule has 0 aromatic heterocycles. The molecule has 32 heteroatoms. The Morgan fingerprint density at radius 2 is 0.763 bits per heavy atom. The highest BCUT2D eigenvalue weighted by molar-refractivity contribution is 6.37. The van der Waals surface area contributed by atoms with Gasteiger partial charge in [-0.15, -0.1) is 11.6 Å². The first-order chi connectivity index (χ1) is 54.4. The molecule has 580 valence electrons. The van der Waals surface area contributed by atoms with Gasteiger partial charge in [0, 0.05) is 147 Å². The molecule has 0 saturated carbocycles. The molecule has 0 unspecified atom stereocenters. The van der Waals surface area contributed by atoms with Crippen LogP contribution in [-0.4, -0.2) is 90.9 Å². The van der Waals surface area contributed by atoms with Gasteiger partial charge in [-0.25, -0.2) is 0 Å². The number of amides is 3. The maximum Gasteiger partial charge on any atom is 0.270 e. The number of carbonyl (C=O) groups is 7. The van der Waals surface area contributed by atoms with Crippen molar-refractivity contribution in [3.05, 3.63) is 371 Å². The first-order valence-electron chi connectivity index (χ1n) is 33.6. The molecule has 0 fully saturated rings. The van der Waals surface area contributed by atoms with Crippen molar-refractivity contribution in [2.24, 2.45) is 9.98 Å². The van der Waals surface area contributed by atoms with Crippen LogP contribution < -0.4 is 33.2 Å². The molecule has 0 atom stereocenters. The van der Waals surface area contributed by atoms with Crippen LogP contribution >= 0.6 is 58.0 Å². The van der Waals surface area contributed by atoms with Crippen molar-refractivity contribution in [1.29, 1.82) is 0 Å². The van der Waals surface area contributed by atoms with Crippen LogP contribution in [0, 0.1) is 40.5 Å². The number of nitrogen functional groups attached to an aromatic ring is 3. The number of halogens is 5. The van der Waals surface area contributed by atoms with E-state index >= 15 is 0 Å². The molecule has 0 bridgehead atoms. The number of aliphatic imine (C=N–C) groups is 2. The number of hydrogen-bond acceptors (Lipinski definition) is 20. The van der Waals surface area contributed by atoms with Gasteiger partial charge in [0.1, 0.15) is 5.88 Å². The van der Waals surface area contributed by atoms with Crippen molar-refractivity contribution in [1.82, 2.24) is 0 Å². The zero-order chi connectivity index (χ0) is 83.1. The standard InChI is InChI=1S/C16H11ClN2O3.C16H13ClN2O.C15H10Cl2N2O4.C13H9ClN2O3.C8H8N2O3.C8H9NO.C6H7N/c17-15-4-2-1-3-13(15)16-14-8-11(19(21)22)6-5-10(14)7-12(20)9-18-16;17-15-4-2-1-3-13(15)16-14-8-11(18)6-5-10(14)7-12(20)9-19-16;16-8-14(20)18-13-6-5-9(19(22)23)7-11(13)15(21)10-3-1-2-4-12(10)17;14-11-4-2-1-3-9(11)13(17)10-7-8(16(18)19)5-6-12(10)15;1-6(11)9-7-2-4-8(5-3-7)10(12)13;1-7(10)9-8-5-3-2-4-6-8;7-6-4-2-1-3-5-6/h1-6,8H,7,9H2;1-6,8H,7,9,18H2;1-7H,8H2,(H,18,20);1-7H,15H2;2-5H,1H3,(H,9,11);2-6H,1H3,(H,9,10);1-5H,7H2/i2*5+1,6+1,8+1,10+1,11+1,14+1;5+1,6+1,7+1,9+1,11+1,13+1;5+1,6+1,7+1,8+1,10+1,12+1;2+1,3+1,4+1,5+1,7+1,8+1;2+1,3+1,4+1,5+1,6+1,8+1;1+1,2+1,3+1,4+1,5+1,6+1. The summed E-state index contributed by atoms with van der Waals surface area (Å²) < 4.78 is 0. The lowest BCUT2D eigenvalue weighted by Gasteiger charge is -2.11. The summed E-state index contributed by atoms with van der Waals surface area (Å²) in [4.78, 5) is 131. The van der Waals surface area contributed by atoms with Crippen LogP contribution in [0.1, 0.15) is 79.1 Å². The first kappa shape index (κ1) is 87.5. The van der Waals surface area contributed by atoms with Crippen LogP contribution in [0.4, 0.5) is 56.9 Å². The highest BCUT2D eigenvalue weighted by Gasteiger charge is 2.26. The van der Waals surface area contributed by atoms with E-state index in [2.05, 4.69) is 25.9 Å². The van der Waals surface area contributed by atoms with Crippen molar-refractivity contribution >= 4 is 167 Å². The summed E-state index contributed by atoms with van der Waals surface area (Å²) in [5.41, 5.74) is 26.0. The van der Waals surface area contributed by atoms with E-state index in [4.69, 9.17) is 75.2 Å². The maximum atomic E-state index is 12.6. The summed E-state index contributed by atoms with van der Waals surface area (Å²) in [6.07, 6.45) is 0.595. The fourth-order valence-electron chi connectivity index (χ4n) is 10.4. The van der Waals surface area contributed by atoms with E-state index in [1.54, 1.807) is 60.7 Å². The van der Waals surface area contributed by atoms with Crippen molar-refractivity contribution < 1.29 is 53.3 Å². The number of non-ortho nitro benzene ring substituents is 4. The van der Waals surface area contributed by atoms with Crippen molar-refractivity contribution in [2.45, 2.75) is 26.7 Å². The third kappa shape index (κ3) is 26.2. The van der Waals surface area contributed by atoms with Gasteiger partial charge in [-0.1, -0.05) is 156 Å². The molecule has 0 saturated heterocycles. The first-order valence-corrected chi connectivity index (χ1v) is 35.7. The summed E-state index contributed by atoms with van der Waals surface area (Å²) >= 11 is 29.8. The number of fused-ring (bicyclic) bond motifs is 2. The SMILES string of the molecule is CC(=O)N[13c]1[13cH][13cH][13cH][13cH][13cH]1.CC(=O)N[13c]1[13cH][13cH][13c]([N+](=O)[O-])[13cH][13cH]1.N[13c]1[13cH][13cH][13cH][13cH][13cH]1.N[13c]1[13cH][13cH][13c]([N+](=O)[O-])[13cH][13c]1C(=O)c1ccccc1Cl.N[13c]1[13cH][13cH][13c]2[13c]([13cH]1)C(c1ccccc1Cl)=NCC(=O)C2.O=C(CCl)N[13c]1[13cH][13cH][13c]([N+](=O)[O-])[13cH][13c]1C(=O)c1ccccc1Cl.O=C1CN=C(c2ccccc2Cl)[13c]2[13cH][13c]([N+](=O)[O-])[13cH][13cH][13c]2C1. The molecule has 114 heavy (non-hydrogen) atoms. The van der Waals surface area contributed by atoms with E-state index < -0.39 is 37.2 Å². The van der Waals surface area contributed by atoms with Gasteiger partial charge in [0.25, 0.3) is 22.7 Å². The number of alkyl halides is 1. The maximum absolute atomic E-state index is 12.6. The summed E-state index contributed by atoms with van der Waals surface area (Å²) in [5, 5.41) is 52.1. The van der Waals surface area contributed by atoms with Gasteiger partial charge < -0.3 is 33.2 Å². The zero-order valence-corrected chi connectivity index (χ0v) is 64.0. The molecule has 3 amide bonds. The lowest BCUT2D eigenvalue weighted by molar-refractivity contribution is -0.385. The van der Waals surface area contributed by atoms with Gasteiger partial charge in [0.2, 0.25) is 17.7 Å². The molecule has 27 nitrogen and oxygen atoms in total. The molecule has 2 aliphatic heterocycles. The average Bonchev–Trinajstić information content (AvgIpc) is 1.47. The highest BCUT2D eigenvalue weighted by atomic mass is 35.5. The predicted molar refractivity (Wildman–Crippen MR) is 444 cm³/mol. The summed E-state index contributed by atoms with van der Waals surface area (Å²) in [7, 11) is 0. The van der Waals surface area contributed by atoms with Crippen LogP contribution in [-0.2, 0) is 36.8 Å². The van der Waals surface area contributed by atoms with Gasteiger partial charge in [-0.05, 0) is 108 Å². The molecule has 0 aliphatic carbocycles. The van der Waals surface area contributed by atoms with Crippen molar-refractivity contribution in [3.63, 3.8) is 0 Å². The summed E-state index contributed by atoms with van der Waals surface area (Å²) in [6, 6.07) is 69.2. The van der Waals surface area contributed by atoms with Gasteiger partial charge in [-0.3, -0.25) is 84.0 Å². The van der Waals surface area contributed by atoms with Gasteiger partial charge in [0.15, 0.2) is 23.1 Å². The van der Waals surface area contributed by atoms with Crippen molar-refractivity contribution in [2.75, 3.05) is 52.1 Å². The Kier molecular flexibility index (Phi) is 33.0. The number of nitrogens with two attached hydrogens (primary N) is 3. The Hall–Kier alpha value is -13.7. The molecule has 9 N–H and O–H groups in total. The van der Waals surface area contributed by atoms with E-state index in [0.29, 0.717) is 44.7 Å². The number of anilines is 6. The smallest absolute Gasteiger partial charge is 0.270 e. The normalized spacial score (nSPS) is 11.4. The number of nitrogens with zero attached hydrogens (tertiary/aromatic N) is 6. The third-order valence-electron chi connectivity index (χ3n) is 15.7. The molecular formula is C82H67Cl5N12O15. The molecule has 0 radical (unpaired) electrons. The monoisotopic (exact) mass is 1680 g/mol. The second-order valence-electron chi connectivity index (χ2n) is 24.0. The average molecular weight is 1680 g/mol. The number of nitro benzene ring substituents is 4. The number of benzene rings is 11. The Labute approximate surface area is 676 Å². The zero-order valence-electron chi connectivity index (χ0n) is 60.2. The Balaban J connectivity index is 0.000000189. The number of para-hydroxylation sites is 2. The minimum atomic E-state index is -0.628. The minimum Gasteiger partial charge on any atom is -0.399 e. The lowest BCUT2D eigenvalue weighted by atomic mass is 10.2. The van der Waals surface area contributed by atoms with Crippen LogP contribution in [0.2, 0.25) is 20.1 Å². The predicted octanol–water partition coefficient (Wildman–Crippen LogP) is 17.3. The number of rotatable bonds is 14. The minimum absolute atomic E-state index is 0.00843. The number of nitrogens with one attached hydrogen (secondary N) is 3. The van der Waals surface area contributed by atoms with E-state index in [0.717, 1.165) is 51.5 Å². The van der Waals surface area contributed by atoms with Crippen LogP contribution in [0.5, 0.6) is 0 Å². The fraction of sp³-hybridized carbons (Fsp3) is 0.0854. The van der Waals surface area contributed by atoms with Crippen LogP contribution in [0.3, 0.4) is 0 Å². The number of hydrogen-bond donors (Lipinski definition) is 6. The molecule has 2 aliphatic rings. The molecule has 11 aromatic carbocycles. The Morgan fingerprint density at radius 3 is 1.20 bits per heavy atom. The topological polar surface area (TPSA) is 431 Å². The fourth-order valence-corrected chi connectivity index (χ4v) is 11.4. The number of nitro groups is 4. The number of carbonyl (C=O) groups excluding carboxylic acids is 7. The largest absolute Gasteiger partial charge is 0.399 e. The van der Waals surface area contributed by atoms with Gasteiger partial charge in [0.05, 0.1) is 71.1 Å². The van der Waals surface area contributed by atoms with E-state index in [1.165, 1.54) is 86.6 Å². The quantitative estimate of drug-likeness (QED) is 0.0194. The molecule has 0 spiro atoms. The number of Topliss-reactive ketones (excluding diaryl/α,β-unsaturated/α-hetero) is 2. The Bertz CT molecular complexity index is 5490. The van der Waals surface area contributed by atoms with Crippen LogP contribution in [0.15, 0.2) is 265 Å². The van der Waals surface area contributed by atoms with E-state index in [9.17, 15) is 74.0 Å². The van der Waals surface area contributed by atoms with Gasteiger partial charge >= 0.3 is 0 Å². The number of ketones is 4. The van der Waals surface area contributed by atoms with Crippen molar-refractivity contribution in [3.8, 4) is 0 Å². The van der Waals surface area contributed by atoms with E-state index in [-0.39, 0.29) is 115 Å². The lowest BCUT2D eigenvalue weighted by Crippen LogP contribution is -2.16. The summed E-state index contributed by atoms with van der Waals surface area (Å²) in [6.45, 7) is 3.09. The third-order valence-corrected chi connectivity index (χ3v) is 17.2. The molecule has 13 rings (SSSR count). The van der Waals surface area contributed by atoms with E-state index in [1.807, 2.05) is 109 Å². The second-order valence-corrected chi connectivity index (χ2v) is 25.9. The summed E-state index contributed by atoms with van der Waals surface area (Å²) in [5.74, 6) is -1.99.